The normalized spacial score (nSPS) is 10.8. The smallest absolute Gasteiger partial charge is 0.255 e. The van der Waals surface area contributed by atoms with Gasteiger partial charge in [-0.3, -0.25) is 4.79 Å². The Hall–Kier alpha value is -2.51. The number of carbonyl (C=O) groups is 1. The molecule has 0 radical (unpaired) electrons. The summed E-state index contributed by atoms with van der Waals surface area (Å²) in [5, 5.41) is 4.15. The van der Waals surface area contributed by atoms with E-state index in [0.29, 0.717) is 5.71 Å². The Morgan fingerprint density at radius 2 is 1.43 bits per heavy atom. The summed E-state index contributed by atoms with van der Waals surface area (Å²) in [6.45, 7) is -0.362. The number of hydrogen-bond donors (Lipinski definition) is 2. The van der Waals surface area contributed by atoms with Gasteiger partial charge in [0.25, 0.3) is 5.91 Å². The highest BCUT2D eigenvalue weighted by molar-refractivity contribution is 7.88. The molecule has 120 valence electrons. The molecule has 0 unspecified atom stereocenters. The molecule has 2 rings (SSSR count). The second kappa shape index (κ2) is 7.66. The van der Waals surface area contributed by atoms with Crippen LogP contribution in [0.15, 0.2) is 65.8 Å². The monoisotopic (exact) mass is 331 g/mol. The lowest BCUT2D eigenvalue weighted by molar-refractivity contribution is -0.119. The van der Waals surface area contributed by atoms with Crippen LogP contribution in [0.5, 0.6) is 0 Å². The van der Waals surface area contributed by atoms with E-state index in [1.807, 2.05) is 60.7 Å². The third kappa shape index (κ3) is 5.65. The second-order valence-electron chi connectivity index (χ2n) is 4.82. The minimum atomic E-state index is -3.42. The van der Waals surface area contributed by atoms with E-state index >= 15 is 0 Å². The van der Waals surface area contributed by atoms with Crippen LogP contribution < -0.4 is 10.1 Å². The maximum Gasteiger partial charge on any atom is 0.255 e. The molecular formula is C16H17N3O3S. The molecule has 1 amide bonds. The maximum atomic E-state index is 11.7. The van der Waals surface area contributed by atoms with Crippen LogP contribution in [0.2, 0.25) is 0 Å². The SMILES string of the molecule is CS(=O)(=O)NCC(=O)NN=C(c1ccccc1)c1ccccc1. The molecule has 7 heteroatoms. The van der Waals surface area contributed by atoms with Crippen LogP contribution in [0.25, 0.3) is 0 Å². The molecule has 0 spiro atoms. The first-order chi connectivity index (χ1) is 11.0. The molecule has 6 nitrogen and oxygen atoms in total. The summed E-state index contributed by atoms with van der Waals surface area (Å²) in [6, 6.07) is 18.8. The maximum absolute atomic E-state index is 11.7. The van der Waals surface area contributed by atoms with Gasteiger partial charge in [-0.1, -0.05) is 60.7 Å². The number of hydrazone groups is 1. The molecule has 23 heavy (non-hydrogen) atoms. The van der Waals surface area contributed by atoms with E-state index in [1.54, 1.807) is 0 Å². The number of sulfonamides is 1. The molecule has 0 atom stereocenters. The topological polar surface area (TPSA) is 87.6 Å². The summed E-state index contributed by atoms with van der Waals surface area (Å²) in [5.41, 5.74) is 4.66. The predicted molar refractivity (Wildman–Crippen MR) is 89.5 cm³/mol. The zero-order valence-electron chi connectivity index (χ0n) is 12.6. The molecule has 0 fully saturated rings. The van der Waals surface area contributed by atoms with Crippen LogP contribution >= 0.6 is 0 Å². The third-order valence-corrected chi connectivity index (χ3v) is 3.55. The highest BCUT2D eigenvalue weighted by Crippen LogP contribution is 2.10. The number of benzene rings is 2. The van der Waals surface area contributed by atoms with E-state index in [0.717, 1.165) is 17.4 Å². The van der Waals surface area contributed by atoms with Crippen LogP contribution in [-0.2, 0) is 14.8 Å². The Morgan fingerprint density at radius 3 is 1.87 bits per heavy atom. The first-order valence-corrected chi connectivity index (χ1v) is 8.77. The zero-order chi connectivity index (χ0) is 16.7. The van der Waals surface area contributed by atoms with Crippen molar-refractivity contribution in [3.8, 4) is 0 Å². The standard InChI is InChI=1S/C16H17N3O3S/c1-23(21,22)17-12-15(20)18-19-16(13-8-4-2-5-9-13)14-10-6-3-7-11-14/h2-11,17H,12H2,1H3,(H,18,20). The van der Waals surface area contributed by atoms with Gasteiger partial charge in [0.2, 0.25) is 10.0 Å². The Kier molecular flexibility index (Phi) is 5.61. The van der Waals surface area contributed by atoms with E-state index in [4.69, 9.17) is 0 Å². The molecule has 0 bridgehead atoms. The molecule has 0 aliphatic carbocycles. The summed E-state index contributed by atoms with van der Waals surface area (Å²) in [6.07, 6.45) is 0.989. The van der Waals surface area contributed by atoms with Crippen LogP contribution in [0.3, 0.4) is 0 Å². The summed E-state index contributed by atoms with van der Waals surface area (Å²) in [5.74, 6) is -0.542. The zero-order valence-corrected chi connectivity index (χ0v) is 13.4. The Balaban J connectivity index is 2.20. The molecule has 2 N–H and O–H groups in total. The summed E-state index contributed by atoms with van der Waals surface area (Å²) < 4.78 is 24.1. The summed E-state index contributed by atoms with van der Waals surface area (Å²) in [4.78, 5) is 11.7. The van der Waals surface area contributed by atoms with Gasteiger partial charge in [0.05, 0.1) is 18.5 Å². The molecule has 0 aliphatic rings. The minimum Gasteiger partial charge on any atom is -0.272 e. The number of nitrogens with one attached hydrogen (secondary N) is 2. The number of carbonyl (C=O) groups excluding carboxylic acids is 1. The molecule has 0 heterocycles. The highest BCUT2D eigenvalue weighted by atomic mass is 32.2. The highest BCUT2D eigenvalue weighted by Gasteiger charge is 2.09. The Morgan fingerprint density at radius 1 is 0.957 bits per heavy atom. The molecule has 0 saturated carbocycles. The number of amides is 1. The van der Waals surface area contributed by atoms with Gasteiger partial charge in [0.1, 0.15) is 0 Å². The van der Waals surface area contributed by atoms with Gasteiger partial charge in [-0.15, -0.1) is 0 Å². The van der Waals surface area contributed by atoms with Gasteiger partial charge in [-0.25, -0.2) is 18.6 Å². The van der Waals surface area contributed by atoms with Crippen molar-refractivity contribution in [2.45, 2.75) is 0 Å². The van der Waals surface area contributed by atoms with Crippen LogP contribution in [0, 0.1) is 0 Å². The van der Waals surface area contributed by atoms with Crippen molar-refractivity contribution in [3.63, 3.8) is 0 Å². The molecule has 2 aromatic rings. The summed E-state index contributed by atoms with van der Waals surface area (Å²) in [7, 11) is -3.42. The lowest BCUT2D eigenvalue weighted by Crippen LogP contribution is -2.34. The van der Waals surface area contributed by atoms with Crippen LogP contribution in [0.4, 0.5) is 0 Å². The van der Waals surface area contributed by atoms with E-state index in [2.05, 4.69) is 15.2 Å². The number of rotatable bonds is 6. The predicted octanol–water partition coefficient (Wildman–Crippen LogP) is 1.10. The quantitative estimate of drug-likeness (QED) is 0.614. The van der Waals surface area contributed by atoms with Crippen molar-refractivity contribution in [1.29, 1.82) is 0 Å². The van der Waals surface area contributed by atoms with Gasteiger partial charge in [0.15, 0.2) is 0 Å². The number of nitrogens with zero attached hydrogens (tertiary/aromatic N) is 1. The lowest BCUT2D eigenvalue weighted by atomic mass is 10.0. The average molecular weight is 331 g/mol. The van der Waals surface area contributed by atoms with E-state index in [-0.39, 0.29) is 6.54 Å². The fourth-order valence-electron chi connectivity index (χ4n) is 1.84. The summed E-state index contributed by atoms with van der Waals surface area (Å²) >= 11 is 0. The van der Waals surface area contributed by atoms with Crippen molar-refractivity contribution in [1.82, 2.24) is 10.1 Å². The molecular weight excluding hydrogens is 314 g/mol. The fourth-order valence-corrected chi connectivity index (χ4v) is 2.24. The van der Waals surface area contributed by atoms with Crippen molar-refractivity contribution in [3.05, 3.63) is 71.8 Å². The van der Waals surface area contributed by atoms with Crippen LogP contribution in [-0.4, -0.2) is 32.8 Å². The van der Waals surface area contributed by atoms with Gasteiger partial charge in [-0.2, -0.15) is 5.10 Å². The minimum absolute atomic E-state index is 0.362. The van der Waals surface area contributed by atoms with Crippen molar-refractivity contribution in [2.24, 2.45) is 5.10 Å². The molecule has 0 aliphatic heterocycles. The van der Waals surface area contributed by atoms with Crippen molar-refractivity contribution < 1.29 is 13.2 Å². The molecule has 2 aromatic carbocycles. The Labute approximate surface area is 135 Å². The largest absolute Gasteiger partial charge is 0.272 e. The van der Waals surface area contributed by atoms with Gasteiger partial charge < -0.3 is 0 Å². The third-order valence-electron chi connectivity index (χ3n) is 2.88. The van der Waals surface area contributed by atoms with Crippen molar-refractivity contribution in [2.75, 3.05) is 12.8 Å². The van der Waals surface area contributed by atoms with E-state index in [1.165, 1.54) is 0 Å². The molecule has 0 aromatic heterocycles. The van der Waals surface area contributed by atoms with E-state index in [9.17, 15) is 13.2 Å². The van der Waals surface area contributed by atoms with Gasteiger partial charge in [0, 0.05) is 11.1 Å². The first kappa shape index (κ1) is 16.9. The average Bonchev–Trinajstić information content (AvgIpc) is 2.54. The van der Waals surface area contributed by atoms with Gasteiger partial charge in [-0.05, 0) is 0 Å². The van der Waals surface area contributed by atoms with E-state index < -0.39 is 15.9 Å². The first-order valence-electron chi connectivity index (χ1n) is 6.88. The van der Waals surface area contributed by atoms with Gasteiger partial charge >= 0.3 is 0 Å². The Bertz CT molecular complexity index is 746. The fraction of sp³-hybridized carbons (Fsp3) is 0.125. The van der Waals surface area contributed by atoms with Crippen molar-refractivity contribution >= 4 is 21.6 Å². The van der Waals surface area contributed by atoms with Crippen LogP contribution in [0.1, 0.15) is 11.1 Å². The molecule has 0 saturated heterocycles. The lowest BCUT2D eigenvalue weighted by Gasteiger charge is -2.08. The second-order valence-corrected chi connectivity index (χ2v) is 6.65. The number of hydrogen-bond acceptors (Lipinski definition) is 4.